The van der Waals surface area contributed by atoms with Crippen LogP contribution < -0.4 is 9.47 Å². The van der Waals surface area contributed by atoms with Gasteiger partial charge in [0.05, 0.1) is 6.10 Å². The molecule has 0 aromatic heterocycles. The van der Waals surface area contributed by atoms with Crippen LogP contribution >= 0.6 is 0 Å². The number of hydrogen-bond donors (Lipinski definition) is 4. The Hall–Kier alpha value is -3.38. The summed E-state index contributed by atoms with van der Waals surface area (Å²) >= 11 is 0. The fourth-order valence-electron chi connectivity index (χ4n) is 3.32. The number of phenols is 3. The van der Waals surface area contributed by atoms with E-state index in [1.807, 2.05) is 30.3 Å². The number of rotatable bonds is 4. The van der Waals surface area contributed by atoms with E-state index in [0.29, 0.717) is 29.2 Å². The van der Waals surface area contributed by atoms with Crippen molar-refractivity contribution in [2.24, 2.45) is 0 Å². The predicted molar refractivity (Wildman–Crippen MR) is 102 cm³/mol. The molecule has 0 radical (unpaired) electrons. The smallest absolute Gasteiger partial charge is 0.157 e. The van der Waals surface area contributed by atoms with Crippen LogP contribution in [0.15, 0.2) is 60.7 Å². The number of phenolic OH excluding ortho intramolecular Hbond substituents is 3. The normalized spacial score (nSPS) is 18.2. The summed E-state index contributed by atoms with van der Waals surface area (Å²) in [6.45, 7) is 0.322. The van der Waals surface area contributed by atoms with E-state index in [-0.39, 0.29) is 23.7 Å². The number of ether oxygens (including phenoxy) is 2. The summed E-state index contributed by atoms with van der Waals surface area (Å²) in [6, 6.07) is 16.9. The summed E-state index contributed by atoms with van der Waals surface area (Å²) in [6.07, 6.45) is -1.38. The SMILES string of the molecule is Oc1cc(OCc2ccccc2)c2c(c1)O[C@@H](c1ccc(O)c(O)c1)[C@H](O)C2. The topological polar surface area (TPSA) is 99.4 Å². The van der Waals surface area contributed by atoms with E-state index >= 15 is 0 Å². The molecular weight excluding hydrogens is 360 g/mol. The third kappa shape index (κ3) is 3.54. The van der Waals surface area contributed by atoms with Crippen molar-refractivity contribution in [1.82, 2.24) is 0 Å². The predicted octanol–water partition coefficient (Wildman–Crippen LogP) is 3.42. The molecule has 0 bridgehead atoms. The van der Waals surface area contributed by atoms with E-state index in [2.05, 4.69) is 0 Å². The van der Waals surface area contributed by atoms with Gasteiger partial charge in [0, 0.05) is 24.1 Å². The summed E-state index contributed by atoms with van der Waals surface area (Å²) in [5.74, 6) is 0.312. The average Bonchev–Trinajstić information content (AvgIpc) is 2.69. The molecule has 0 saturated carbocycles. The molecule has 1 aliphatic rings. The molecule has 4 rings (SSSR count). The minimum Gasteiger partial charge on any atom is -0.508 e. The monoisotopic (exact) mass is 380 g/mol. The highest BCUT2D eigenvalue weighted by Crippen LogP contribution is 2.43. The third-order valence-corrected chi connectivity index (χ3v) is 4.73. The largest absolute Gasteiger partial charge is 0.508 e. The van der Waals surface area contributed by atoms with E-state index in [1.165, 1.54) is 24.3 Å². The van der Waals surface area contributed by atoms with Crippen LogP contribution in [0.3, 0.4) is 0 Å². The van der Waals surface area contributed by atoms with Crippen molar-refractivity contribution in [3.63, 3.8) is 0 Å². The third-order valence-electron chi connectivity index (χ3n) is 4.73. The molecule has 28 heavy (non-hydrogen) atoms. The Morgan fingerprint density at radius 2 is 1.71 bits per heavy atom. The molecule has 6 heteroatoms. The number of hydrogen-bond acceptors (Lipinski definition) is 6. The van der Waals surface area contributed by atoms with Crippen LogP contribution in [0, 0.1) is 0 Å². The quantitative estimate of drug-likeness (QED) is 0.518. The van der Waals surface area contributed by atoms with Gasteiger partial charge in [-0.2, -0.15) is 0 Å². The van der Waals surface area contributed by atoms with Gasteiger partial charge in [-0.3, -0.25) is 0 Å². The first-order chi connectivity index (χ1) is 13.5. The Labute approximate surface area is 161 Å². The maximum atomic E-state index is 10.6. The van der Waals surface area contributed by atoms with Gasteiger partial charge >= 0.3 is 0 Å². The first-order valence-corrected chi connectivity index (χ1v) is 8.90. The fourth-order valence-corrected chi connectivity index (χ4v) is 3.32. The highest BCUT2D eigenvalue weighted by atomic mass is 16.5. The first-order valence-electron chi connectivity index (χ1n) is 8.90. The lowest BCUT2D eigenvalue weighted by atomic mass is 9.94. The van der Waals surface area contributed by atoms with Gasteiger partial charge in [-0.25, -0.2) is 0 Å². The number of benzene rings is 3. The van der Waals surface area contributed by atoms with E-state index < -0.39 is 12.2 Å². The molecule has 4 N–H and O–H groups in total. The second-order valence-corrected chi connectivity index (χ2v) is 6.75. The molecule has 1 aliphatic heterocycles. The van der Waals surface area contributed by atoms with E-state index in [0.717, 1.165) is 5.56 Å². The number of aromatic hydroxyl groups is 3. The number of aliphatic hydroxyl groups is 1. The Balaban J connectivity index is 1.61. The Morgan fingerprint density at radius 1 is 0.929 bits per heavy atom. The zero-order valence-electron chi connectivity index (χ0n) is 14.9. The Morgan fingerprint density at radius 3 is 2.46 bits per heavy atom. The van der Waals surface area contributed by atoms with Crippen LogP contribution in [-0.4, -0.2) is 26.5 Å². The Bertz CT molecular complexity index is 986. The van der Waals surface area contributed by atoms with Crippen LogP contribution in [0.1, 0.15) is 22.8 Å². The lowest BCUT2D eigenvalue weighted by Gasteiger charge is -2.32. The van der Waals surface area contributed by atoms with Crippen LogP contribution in [0.4, 0.5) is 0 Å². The van der Waals surface area contributed by atoms with Crippen LogP contribution in [-0.2, 0) is 13.0 Å². The highest BCUT2D eigenvalue weighted by Gasteiger charge is 2.32. The van der Waals surface area contributed by atoms with Gasteiger partial charge in [-0.1, -0.05) is 36.4 Å². The molecule has 6 nitrogen and oxygen atoms in total. The van der Waals surface area contributed by atoms with Crippen LogP contribution in [0.2, 0.25) is 0 Å². The molecule has 144 valence electrons. The second-order valence-electron chi connectivity index (χ2n) is 6.75. The maximum absolute atomic E-state index is 10.6. The molecule has 0 saturated heterocycles. The molecule has 0 amide bonds. The number of aliphatic hydroxyl groups excluding tert-OH is 1. The van der Waals surface area contributed by atoms with E-state index in [9.17, 15) is 20.4 Å². The number of fused-ring (bicyclic) bond motifs is 1. The van der Waals surface area contributed by atoms with Crippen molar-refractivity contribution in [2.75, 3.05) is 0 Å². The fraction of sp³-hybridized carbons (Fsp3) is 0.182. The molecule has 3 aromatic carbocycles. The molecule has 0 unspecified atom stereocenters. The summed E-state index contributed by atoms with van der Waals surface area (Å²) in [7, 11) is 0. The van der Waals surface area contributed by atoms with Crippen molar-refractivity contribution in [3.05, 3.63) is 77.4 Å². The van der Waals surface area contributed by atoms with Gasteiger partial charge in [0.25, 0.3) is 0 Å². The first kappa shape index (κ1) is 18.0. The summed E-state index contributed by atoms with van der Waals surface area (Å²) in [5, 5.41) is 39.9. The minimum absolute atomic E-state index is 0.00879. The maximum Gasteiger partial charge on any atom is 0.157 e. The molecule has 0 fully saturated rings. The minimum atomic E-state index is -0.889. The molecule has 0 aliphatic carbocycles. The van der Waals surface area contributed by atoms with Crippen molar-refractivity contribution >= 4 is 0 Å². The van der Waals surface area contributed by atoms with Gasteiger partial charge in [-0.05, 0) is 23.3 Å². The van der Waals surface area contributed by atoms with E-state index in [1.54, 1.807) is 6.07 Å². The Kier molecular flexibility index (Phi) is 4.71. The lowest BCUT2D eigenvalue weighted by Crippen LogP contribution is -2.30. The summed E-state index contributed by atoms with van der Waals surface area (Å²) in [4.78, 5) is 0. The molecule has 1 heterocycles. The summed E-state index contributed by atoms with van der Waals surface area (Å²) < 4.78 is 11.8. The molecule has 3 aromatic rings. The van der Waals surface area contributed by atoms with Crippen molar-refractivity contribution in [3.8, 4) is 28.7 Å². The average molecular weight is 380 g/mol. The van der Waals surface area contributed by atoms with Gasteiger partial charge in [0.1, 0.15) is 30.0 Å². The van der Waals surface area contributed by atoms with E-state index in [4.69, 9.17) is 9.47 Å². The van der Waals surface area contributed by atoms with Gasteiger partial charge in [-0.15, -0.1) is 0 Å². The van der Waals surface area contributed by atoms with Gasteiger partial charge in [0.15, 0.2) is 11.5 Å². The zero-order chi connectivity index (χ0) is 19.7. The zero-order valence-corrected chi connectivity index (χ0v) is 14.9. The van der Waals surface area contributed by atoms with Gasteiger partial charge in [0.2, 0.25) is 0 Å². The molecule has 0 spiro atoms. The van der Waals surface area contributed by atoms with Crippen molar-refractivity contribution < 1.29 is 29.9 Å². The van der Waals surface area contributed by atoms with Crippen molar-refractivity contribution in [2.45, 2.75) is 25.2 Å². The standard InChI is InChI=1S/C22H20O6/c23-15-9-20(27-12-13-4-2-1-3-5-13)16-11-19(26)22(28-21(16)10-15)14-6-7-17(24)18(25)8-14/h1-10,19,22-26H,11-12H2/t19-,22+/m1/s1. The van der Waals surface area contributed by atoms with Crippen molar-refractivity contribution in [1.29, 1.82) is 0 Å². The second kappa shape index (κ2) is 7.32. The highest BCUT2D eigenvalue weighted by molar-refractivity contribution is 5.52. The molecular formula is C22H20O6. The lowest BCUT2D eigenvalue weighted by molar-refractivity contribution is 0.0193. The molecule has 2 atom stereocenters. The van der Waals surface area contributed by atoms with Crippen LogP contribution in [0.25, 0.3) is 0 Å². The van der Waals surface area contributed by atoms with Gasteiger partial charge < -0.3 is 29.9 Å². The van der Waals surface area contributed by atoms with Crippen LogP contribution in [0.5, 0.6) is 28.7 Å². The summed E-state index contributed by atoms with van der Waals surface area (Å²) in [5.41, 5.74) is 2.17.